The Kier molecular flexibility index (Phi) is 6.36. The van der Waals surface area contributed by atoms with Crippen molar-refractivity contribution in [2.75, 3.05) is 13.1 Å². The lowest BCUT2D eigenvalue weighted by molar-refractivity contribution is -0.138. The third-order valence-corrected chi connectivity index (χ3v) is 7.63. The van der Waals surface area contributed by atoms with E-state index in [2.05, 4.69) is 10.3 Å². The van der Waals surface area contributed by atoms with Crippen LogP contribution < -0.4 is 10.1 Å². The first kappa shape index (κ1) is 22.3. The first-order valence-electron chi connectivity index (χ1n) is 11.4. The number of aryl methyl sites for hydroxylation is 1. The molecule has 1 unspecified atom stereocenters. The van der Waals surface area contributed by atoms with Crippen molar-refractivity contribution < 1.29 is 14.3 Å². The summed E-state index contributed by atoms with van der Waals surface area (Å²) in [7, 11) is 0. The van der Waals surface area contributed by atoms with Crippen molar-refractivity contribution in [2.24, 2.45) is 0 Å². The molecule has 0 aliphatic carbocycles. The van der Waals surface area contributed by atoms with Crippen LogP contribution in [-0.2, 0) is 16.1 Å². The zero-order valence-electron chi connectivity index (χ0n) is 18.5. The second-order valence-corrected chi connectivity index (χ2v) is 10.3. The van der Waals surface area contributed by atoms with Gasteiger partial charge in [-0.2, -0.15) is 0 Å². The topological polar surface area (TPSA) is 71.5 Å². The van der Waals surface area contributed by atoms with Crippen LogP contribution in [0.1, 0.15) is 42.5 Å². The molecule has 5 rings (SSSR count). The molecule has 1 aromatic carbocycles. The number of aromatic nitrogens is 1. The molecule has 0 spiro atoms. The number of likely N-dealkylation sites (tertiary alicyclic amines) is 1. The molecule has 2 fully saturated rings. The number of halogens is 1. The number of amides is 2. The van der Waals surface area contributed by atoms with E-state index in [1.807, 2.05) is 31.2 Å². The Morgan fingerprint density at radius 3 is 2.79 bits per heavy atom. The van der Waals surface area contributed by atoms with Gasteiger partial charge in [0.15, 0.2) is 0 Å². The van der Waals surface area contributed by atoms with Gasteiger partial charge in [0.25, 0.3) is 0 Å². The lowest BCUT2D eigenvalue weighted by atomic mass is 10.0. The van der Waals surface area contributed by atoms with Crippen LogP contribution in [0.4, 0.5) is 0 Å². The number of fused-ring (bicyclic) bond motifs is 1. The maximum atomic E-state index is 12.1. The number of pyridine rings is 1. The van der Waals surface area contributed by atoms with Crippen LogP contribution in [0.3, 0.4) is 0 Å². The number of rotatable bonds is 5. The molecule has 6 nitrogen and oxygen atoms in total. The van der Waals surface area contributed by atoms with Crippen molar-refractivity contribution in [3.8, 4) is 16.9 Å². The van der Waals surface area contributed by atoms with E-state index in [1.165, 1.54) is 4.90 Å². The number of carbonyl (C=O) groups excluding carboxylic acids is 2. The zero-order valence-corrected chi connectivity index (χ0v) is 20.1. The highest BCUT2D eigenvalue weighted by Gasteiger charge is 2.29. The van der Waals surface area contributed by atoms with Crippen molar-refractivity contribution in [1.82, 2.24) is 15.2 Å². The fraction of sp³-hybridized carbons (Fsp3) is 0.400. The smallest absolute Gasteiger partial charge is 0.230 e. The van der Waals surface area contributed by atoms with Crippen LogP contribution in [0.15, 0.2) is 30.5 Å². The maximum absolute atomic E-state index is 12.1. The molecule has 0 saturated carbocycles. The highest BCUT2D eigenvalue weighted by Crippen LogP contribution is 2.42. The van der Waals surface area contributed by atoms with Gasteiger partial charge in [-0.05, 0) is 69.1 Å². The van der Waals surface area contributed by atoms with Gasteiger partial charge in [0.1, 0.15) is 11.9 Å². The maximum Gasteiger partial charge on any atom is 0.230 e. The molecule has 3 aromatic rings. The number of benzene rings is 1. The van der Waals surface area contributed by atoms with Crippen molar-refractivity contribution in [2.45, 2.75) is 51.7 Å². The summed E-state index contributed by atoms with van der Waals surface area (Å²) < 4.78 is 7.59. The Morgan fingerprint density at radius 1 is 1.15 bits per heavy atom. The normalized spacial score (nSPS) is 19.3. The minimum Gasteiger partial charge on any atom is -0.489 e. The van der Waals surface area contributed by atoms with E-state index in [0.29, 0.717) is 24.4 Å². The summed E-state index contributed by atoms with van der Waals surface area (Å²) in [6.45, 7) is 4.30. The summed E-state index contributed by atoms with van der Waals surface area (Å²) in [6, 6.07) is 7.86. The molecular formula is C25H26ClN3O3S. The lowest BCUT2D eigenvalue weighted by Gasteiger charge is -2.22. The van der Waals surface area contributed by atoms with E-state index in [0.717, 1.165) is 69.9 Å². The van der Waals surface area contributed by atoms with Gasteiger partial charge in [-0.3, -0.25) is 19.5 Å². The Bertz CT molecular complexity index is 1200. The van der Waals surface area contributed by atoms with Gasteiger partial charge in [-0.1, -0.05) is 11.6 Å². The number of hydrogen-bond acceptors (Lipinski definition) is 6. The van der Waals surface area contributed by atoms with Gasteiger partial charge in [0.2, 0.25) is 11.8 Å². The quantitative estimate of drug-likeness (QED) is 0.511. The monoisotopic (exact) mass is 483 g/mol. The number of ether oxygens (including phenoxy) is 1. The third-order valence-electron chi connectivity index (χ3n) is 6.27. The summed E-state index contributed by atoms with van der Waals surface area (Å²) in [5.74, 6) is 0.646. The van der Waals surface area contributed by atoms with Gasteiger partial charge >= 0.3 is 0 Å². The first-order chi connectivity index (χ1) is 16.0. The summed E-state index contributed by atoms with van der Waals surface area (Å²) in [6.07, 6.45) is 5.61. The van der Waals surface area contributed by atoms with Gasteiger partial charge < -0.3 is 10.1 Å². The molecule has 2 aromatic heterocycles. The molecular weight excluding hydrogens is 458 g/mol. The van der Waals surface area contributed by atoms with Crippen LogP contribution in [-0.4, -0.2) is 40.9 Å². The molecule has 2 amide bonds. The minimum absolute atomic E-state index is 0.107. The van der Waals surface area contributed by atoms with Gasteiger partial charge in [-0.15, -0.1) is 11.3 Å². The van der Waals surface area contributed by atoms with E-state index < -0.39 is 0 Å². The molecule has 1 atom stereocenters. The number of carbonyl (C=O) groups is 2. The predicted octanol–water partition coefficient (Wildman–Crippen LogP) is 5.10. The van der Waals surface area contributed by atoms with Crippen LogP contribution in [0, 0.1) is 6.92 Å². The summed E-state index contributed by atoms with van der Waals surface area (Å²) in [5.41, 5.74) is 3.80. The molecule has 172 valence electrons. The average molecular weight is 484 g/mol. The summed E-state index contributed by atoms with van der Waals surface area (Å²) in [5, 5.41) is 4.10. The Balaban J connectivity index is 1.54. The zero-order chi connectivity index (χ0) is 22.9. The number of nitrogens with zero attached hydrogens (tertiary/aromatic N) is 2. The number of nitrogens with one attached hydrogen (secondary N) is 1. The lowest BCUT2D eigenvalue weighted by Crippen LogP contribution is -2.27. The molecule has 2 saturated heterocycles. The largest absolute Gasteiger partial charge is 0.489 e. The molecule has 4 heterocycles. The van der Waals surface area contributed by atoms with Crippen LogP contribution in [0.25, 0.3) is 21.3 Å². The molecule has 33 heavy (non-hydrogen) atoms. The van der Waals surface area contributed by atoms with E-state index in [9.17, 15) is 9.59 Å². The highest BCUT2D eigenvalue weighted by molar-refractivity contribution is 7.19. The number of imide groups is 1. The Morgan fingerprint density at radius 2 is 1.97 bits per heavy atom. The Hall–Kier alpha value is -2.48. The number of thiophene rings is 1. The van der Waals surface area contributed by atoms with Crippen LogP contribution in [0.5, 0.6) is 5.75 Å². The summed E-state index contributed by atoms with van der Waals surface area (Å²) in [4.78, 5) is 31.0. The first-order valence-corrected chi connectivity index (χ1v) is 12.6. The fourth-order valence-corrected chi connectivity index (χ4v) is 5.99. The molecule has 2 aliphatic rings. The molecule has 2 aliphatic heterocycles. The van der Waals surface area contributed by atoms with Crippen molar-refractivity contribution in [1.29, 1.82) is 0 Å². The second kappa shape index (κ2) is 9.41. The number of hydrogen-bond donors (Lipinski definition) is 1. The van der Waals surface area contributed by atoms with Gasteiger partial charge in [0.05, 0.1) is 16.8 Å². The Labute approximate surface area is 201 Å². The van der Waals surface area contributed by atoms with E-state index in [4.69, 9.17) is 16.3 Å². The van der Waals surface area contributed by atoms with Gasteiger partial charge in [0, 0.05) is 40.1 Å². The van der Waals surface area contributed by atoms with E-state index in [1.54, 1.807) is 17.5 Å². The fourth-order valence-electron chi connectivity index (χ4n) is 4.59. The van der Waals surface area contributed by atoms with E-state index in [-0.39, 0.29) is 17.9 Å². The van der Waals surface area contributed by atoms with Gasteiger partial charge in [-0.25, -0.2) is 0 Å². The average Bonchev–Trinajstić information content (AvgIpc) is 3.22. The van der Waals surface area contributed by atoms with Crippen LogP contribution in [0.2, 0.25) is 5.02 Å². The molecule has 0 radical (unpaired) electrons. The second-order valence-electron chi connectivity index (χ2n) is 8.68. The highest BCUT2D eigenvalue weighted by atomic mass is 35.5. The van der Waals surface area contributed by atoms with E-state index >= 15 is 0 Å². The third kappa shape index (κ3) is 4.63. The predicted molar refractivity (Wildman–Crippen MR) is 131 cm³/mol. The molecule has 1 N–H and O–H groups in total. The van der Waals surface area contributed by atoms with Crippen molar-refractivity contribution in [3.63, 3.8) is 0 Å². The van der Waals surface area contributed by atoms with Crippen molar-refractivity contribution in [3.05, 3.63) is 45.9 Å². The standard InChI is InChI=1S/C25H26ClN3O3S/c1-15-11-16(26)12-20(24(15)32-17-3-2-8-27-9-6-17)19-7-10-28-21-13-18(33-25(19)21)14-29-22(30)4-5-23(29)31/h7,10-13,17,27H,2-6,8-9,14H2,1H3. The molecule has 0 bridgehead atoms. The SMILES string of the molecule is Cc1cc(Cl)cc(-c2ccnc3cc(CN4C(=O)CCC4=O)sc23)c1OC1CCCNCC1. The van der Waals surface area contributed by atoms with Crippen molar-refractivity contribution >= 4 is 45.0 Å². The molecule has 8 heteroatoms. The summed E-state index contributed by atoms with van der Waals surface area (Å²) >= 11 is 8.05. The minimum atomic E-state index is -0.107. The van der Waals surface area contributed by atoms with Crippen LogP contribution >= 0.6 is 22.9 Å².